The van der Waals surface area contributed by atoms with E-state index in [9.17, 15) is 13.2 Å². The van der Waals surface area contributed by atoms with Crippen LogP contribution in [0.15, 0.2) is 47.4 Å². The SMILES string of the molecule is CCc1ccc(CNS(=O)(=O)c2ccc3c(c2)CC(=O)N3C)cc1. The molecule has 6 heteroatoms. The van der Waals surface area contributed by atoms with Crippen molar-refractivity contribution in [1.82, 2.24) is 4.72 Å². The standard InChI is InChI=1S/C18H20N2O3S/c1-3-13-4-6-14(7-5-13)12-19-24(22,23)16-8-9-17-15(10-16)11-18(21)20(17)2/h4-10,19H,3,11-12H2,1-2H3. The molecule has 1 amide bonds. The average Bonchev–Trinajstić information content (AvgIpc) is 2.87. The van der Waals surface area contributed by atoms with E-state index in [1.807, 2.05) is 24.3 Å². The largest absolute Gasteiger partial charge is 0.315 e. The van der Waals surface area contributed by atoms with Crippen LogP contribution in [0.2, 0.25) is 0 Å². The molecule has 1 aliphatic rings. The van der Waals surface area contributed by atoms with E-state index in [0.29, 0.717) is 0 Å². The Hall–Kier alpha value is -2.18. The summed E-state index contributed by atoms with van der Waals surface area (Å²) in [6.45, 7) is 2.32. The molecular formula is C18H20N2O3S. The molecule has 0 aliphatic carbocycles. The molecule has 1 N–H and O–H groups in total. The maximum atomic E-state index is 12.5. The van der Waals surface area contributed by atoms with Gasteiger partial charge in [-0.05, 0) is 41.3 Å². The molecule has 5 nitrogen and oxygen atoms in total. The van der Waals surface area contributed by atoms with E-state index in [2.05, 4.69) is 11.6 Å². The van der Waals surface area contributed by atoms with E-state index in [0.717, 1.165) is 23.2 Å². The van der Waals surface area contributed by atoms with Crippen LogP contribution in [0.25, 0.3) is 0 Å². The van der Waals surface area contributed by atoms with Gasteiger partial charge in [-0.2, -0.15) is 0 Å². The lowest BCUT2D eigenvalue weighted by Crippen LogP contribution is -2.23. The highest BCUT2D eigenvalue weighted by molar-refractivity contribution is 7.89. The minimum atomic E-state index is -3.61. The second-order valence-electron chi connectivity index (χ2n) is 5.91. The zero-order valence-corrected chi connectivity index (χ0v) is 14.6. The first-order valence-electron chi connectivity index (χ1n) is 7.87. The van der Waals surface area contributed by atoms with Crippen molar-refractivity contribution in [2.75, 3.05) is 11.9 Å². The highest BCUT2D eigenvalue weighted by atomic mass is 32.2. The summed E-state index contributed by atoms with van der Waals surface area (Å²) >= 11 is 0. The van der Waals surface area contributed by atoms with Gasteiger partial charge in [0, 0.05) is 19.3 Å². The number of carbonyl (C=O) groups excluding carboxylic acids is 1. The fraction of sp³-hybridized carbons (Fsp3) is 0.278. The van der Waals surface area contributed by atoms with Crippen molar-refractivity contribution < 1.29 is 13.2 Å². The maximum absolute atomic E-state index is 12.5. The van der Waals surface area contributed by atoms with Crippen molar-refractivity contribution in [2.24, 2.45) is 0 Å². The number of carbonyl (C=O) groups is 1. The zero-order chi connectivity index (χ0) is 17.3. The van der Waals surface area contributed by atoms with Gasteiger partial charge in [-0.3, -0.25) is 4.79 Å². The summed E-state index contributed by atoms with van der Waals surface area (Å²) in [5, 5.41) is 0. The van der Waals surface area contributed by atoms with E-state index >= 15 is 0 Å². The summed E-state index contributed by atoms with van der Waals surface area (Å²) in [5.74, 6) is -0.0245. The van der Waals surface area contributed by atoms with Crippen LogP contribution in [0.5, 0.6) is 0 Å². The Morgan fingerprint density at radius 2 is 1.75 bits per heavy atom. The average molecular weight is 344 g/mol. The van der Waals surface area contributed by atoms with E-state index in [1.165, 1.54) is 11.6 Å². The Morgan fingerprint density at radius 3 is 2.42 bits per heavy atom. The van der Waals surface area contributed by atoms with Crippen LogP contribution in [0.3, 0.4) is 0 Å². The van der Waals surface area contributed by atoms with Gasteiger partial charge in [0.1, 0.15) is 0 Å². The molecule has 2 aromatic carbocycles. The van der Waals surface area contributed by atoms with E-state index < -0.39 is 10.0 Å². The summed E-state index contributed by atoms with van der Waals surface area (Å²) in [5.41, 5.74) is 3.65. The van der Waals surface area contributed by atoms with Gasteiger partial charge in [0.2, 0.25) is 15.9 Å². The van der Waals surface area contributed by atoms with Gasteiger partial charge in [-0.25, -0.2) is 13.1 Å². The lowest BCUT2D eigenvalue weighted by Gasteiger charge is -2.11. The molecular weight excluding hydrogens is 324 g/mol. The zero-order valence-electron chi connectivity index (χ0n) is 13.7. The van der Waals surface area contributed by atoms with E-state index in [1.54, 1.807) is 24.1 Å². The van der Waals surface area contributed by atoms with Crippen LogP contribution in [-0.4, -0.2) is 21.4 Å². The second kappa shape index (κ2) is 6.37. The third-order valence-corrected chi connectivity index (χ3v) is 5.73. The lowest BCUT2D eigenvalue weighted by atomic mass is 10.1. The first-order valence-corrected chi connectivity index (χ1v) is 9.36. The maximum Gasteiger partial charge on any atom is 0.240 e. The minimum Gasteiger partial charge on any atom is -0.315 e. The highest BCUT2D eigenvalue weighted by Gasteiger charge is 2.26. The molecule has 0 unspecified atom stereocenters. The van der Waals surface area contributed by atoms with Gasteiger partial charge in [0.15, 0.2) is 0 Å². The monoisotopic (exact) mass is 344 g/mol. The number of hydrogen-bond acceptors (Lipinski definition) is 3. The van der Waals surface area contributed by atoms with Gasteiger partial charge in [-0.15, -0.1) is 0 Å². The number of nitrogens with one attached hydrogen (secondary N) is 1. The molecule has 0 radical (unpaired) electrons. The predicted molar refractivity (Wildman–Crippen MR) is 93.4 cm³/mol. The van der Waals surface area contributed by atoms with Crippen LogP contribution < -0.4 is 9.62 Å². The molecule has 0 atom stereocenters. The third kappa shape index (κ3) is 3.20. The van der Waals surface area contributed by atoms with Crippen LogP contribution in [0.1, 0.15) is 23.6 Å². The Bertz CT molecular complexity index is 874. The molecule has 0 spiro atoms. The van der Waals surface area contributed by atoms with Gasteiger partial charge in [-0.1, -0.05) is 31.2 Å². The van der Waals surface area contributed by atoms with E-state index in [4.69, 9.17) is 0 Å². The van der Waals surface area contributed by atoms with Crippen molar-refractivity contribution in [3.8, 4) is 0 Å². The second-order valence-corrected chi connectivity index (χ2v) is 7.68. The summed E-state index contributed by atoms with van der Waals surface area (Å²) < 4.78 is 27.6. The molecule has 3 rings (SSSR count). The summed E-state index contributed by atoms with van der Waals surface area (Å²) in [4.78, 5) is 13.5. The number of likely N-dealkylation sites (N-methyl/N-ethyl adjacent to an activating group) is 1. The summed E-state index contributed by atoms with van der Waals surface area (Å²) in [7, 11) is -1.92. The molecule has 1 aliphatic heterocycles. The number of nitrogens with zero attached hydrogens (tertiary/aromatic N) is 1. The molecule has 0 saturated carbocycles. The Balaban J connectivity index is 1.76. The number of rotatable bonds is 5. The number of amides is 1. The number of fused-ring (bicyclic) bond motifs is 1. The highest BCUT2D eigenvalue weighted by Crippen LogP contribution is 2.29. The predicted octanol–water partition coefficient (Wildman–Crippen LogP) is 2.25. The fourth-order valence-electron chi connectivity index (χ4n) is 2.77. The quantitative estimate of drug-likeness (QED) is 0.905. The van der Waals surface area contributed by atoms with Crippen molar-refractivity contribution >= 4 is 21.6 Å². The third-order valence-electron chi connectivity index (χ3n) is 4.34. The van der Waals surface area contributed by atoms with Gasteiger partial charge >= 0.3 is 0 Å². The number of sulfonamides is 1. The molecule has 0 bridgehead atoms. The molecule has 0 aromatic heterocycles. The molecule has 24 heavy (non-hydrogen) atoms. The fourth-order valence-corrected chi connectivity index (χ4v) is 3.84. The van der Waals surface area contributed by atoms with Crippen LogP contribution in [-0.2, 0) is 34.2 Å². The van der Waals surface area contributed by atoms with Crippen LogP contribution in [0.4, 0.5) is 5.69 Å². The number of anilines is 1. The number of aryl methyl sites for hydroxylation is 1. The first-order chi connectivity index (χ1) is 11.4. The van der Waals surface area contributed by atoms with Crippen molar-refractivity contribution in [1.29, 1.82) is 0 Å². The van der Waals surface area contributed by atoms with Gasteiger partial charge in [0.05, 0.1) is 11.3 Å². The summed E-state index contributed by atoms with van der Waals surface area (Å²) in [6, 6.07) is 12.7. The molecule has 1 heterocycles. The van der Waals surface area contributed by atoms with Gasteiger partial charge < -0.3 is 4.90 Å². The Kier molecular flexibility index (Phi) is 4.43. The van der Waals surface area contributed by atoms with Gasteiger partial charge in [0.25, 0.3) is 0 Å². The Morgan fingerprint density at radius 1 is 1.08 bits per heavy atom. The van der Waals surface area contributed by atoms with Crippen molar-refractivity contribution in [2.45, 2.75) is 31.2 Å². The molecule has 0 saturated heterocycles. The minimum absolute atomic E-state index is 0.0245. The molecule has 126 valence electrons. The molecule has 2 aromatic rings. The number of hydrogen-bond donors (Lipinski definition) is 1. The smallest absolute Gasteiger partial charge is 0.240 e. The Labute approximate surface area is 142 Å². The summed E-state index contributed by atoms with van der Waals surface area (Å²) in [6.07, 6.45) is 1.20. The lowest BCUT2D eigenvalue weighted by molar-refractivity contribution is -0.117. The van der Waals surface area contributed by atoms with Crippen molar-refractivity contribution in [3.63, 3.8) is 0 Å². The van der Waals surface area contributed by atoms with Crippen LogP contribution >= 0.6 is 0 Å². The van der Waals surface area contributed by atoms with Crippen molar-refractivity contribution in [3.05, 3.63) is 59.2 Å². The molecule has 0 fully saturated rings. The number of benzene rings is 2. The van der Waals surface area contributed by atoms with Crippen LogP contribution in [0, 0.1) is 0 Å². The topological polar surface area (TPSA) is 66.5 Å². The normalized spacial score (nSPS) is 14.1. The first kappa shape index (κ1) is 16.7. The van der Waals surface area contributed by atoms with E-state index in [-0.39, 0.29) is 23.8 Å².